The van der Waals surface area contributed by atoms with Gasteiger partial charge in [-0.1, -0.05) is 17.4 Å². The van der Waals surface area contributed by atoms with Crippen molar-refractivity contribution in [2.45, 2.75) is 12.3 Å². The molecule has 0 radical (unpaired) electrons. The summed E-state index contributed by atoms with van der Waals surface area (Å²) in [5.41, 5.74) is 0.112. The minimum Gasteiger partial charge on any atom is -0.204 e. The molecule has 0 aliphatic heterocycles. The molecule has 0 spiro atoms. The van der Waals surface area contributed by atoms with Crippen LogP contribution in [-0.4, -0.2) is 10.2 Å². The minimum absolute atomic E-state index is 0.112. The number of nitrogens with zero attached hydrogens (tertiary/aromatic N) is 2. The second-order valence-corrected chi connectivity index (χ2v) is 4.83. The van der Waals surface area contributed by atoms with Crippen LogP contribution >= 0.6 is 22.9 Å². The number of benzene rings is 1. The van der Waals surface area contributed by atoms with Gasteiger partial charge in [0.25, 0.3) is 0 Å². The van der Waals surface area contributed by atoms with Crippen molar-refractivity contribution in [3.63, 3.8) is 0 Å². The number of aromatic nitrogens is 2. The molecule has 0 saturated carbocycles. The molecule has 2 aromatic rings. The molecule has 0 aliphatic carbocycles. The van der Waals surface area contributed by atoms with Gasteiger partial charge in [0, 0.05) is 0 Å². The lowest BCUT2D eigenvalue weighted by atomic mass is 10.2. The maximum Gasteiger partial charge on any atom is 0.169 e. The standard InChI is InChI=1S/C10H7ClF2N2S/c1-5(11)9-14-15-10(16-9)6-3-2-4-7(12)8(6)13/h2-5H,1H3. The van der Waals surface area contributed by atoms with Crippen molar-refractivity contribution < 1.29 is 8.78 Å². The van der Waals surface area contributed by atoms with E-state index in [1.807, 2.05) is 0 Å². The lowest BCUT2D eigenvalue weighted by Crippen LogP contribution is -1.88. The van der Waals surface area contributed by atoms with Gasteiger partial charge in [0.2, 0.25) is 0 Å². The van der Waals surface area contributed by atoms with Gasteiger partial charge in [0.15, 0.2) is 16.6 Å². The fraction of sp³-hybridized carbons (Fsp3) is 0.200. The third-order valence-corrected chi connectivity index (χ3v) is 3.44. The molecule has 84 valence electrons. The van der Waals surface area contributed by atoms with Gasteiger partial charge in [-0.15, -0.1) is 21.8 Å². The third kappa shape index (κ3) is 2.05. The first-order chi connectivity index (χ1) is 7.59. The molecule has 0 N–H and O–H groups in total. The van der Waals surface area contributed by atoms with Crippen LogP contribution in [0.4, 0.5) is 8.78 Å². The topological polar surface area (TPSA) is 25.8 Å². The largest absolute Gasteiger partial charge is 0.204 e. The van der Waals surface area contributed by atoms with Gasteiger partial charge in [0.05, 0.1) is 10.9 Å². The van der Waals surface area contributed by atoms with Crippen molar-refractivity contribution in [3.05, 3.63) is 34.8 Å². The number of rotatable bonds is 2. The Bertz CT molecular complexity index is 513. The summed E-state index contributed by atoms with van der Waals surface area (Å²) in [6.45, 7) is 1.74. The molecule has 6 heteroatoms. The SMILES string of the molecule is CC(Cl)c1nnc(-c2cccc(F)c2F)s1. The lowest BCUT2D eigenvalue weighted by Gasteiger charge is -1.98. The molecule has 0 saturated heterocycles. The quantitative estimate of drug-likeness (QED) is 0.768. The Balaban J connectivity index is 2.47. The van der Waals surface area contributed by atoms with Gasteiger partial charge >= 0.3 is 0 Å². The van der Waals surface area contributed by atoms with E-state index in [9.17, 15) is 8.78 Å². The molecular formula is C10H7ClF2N2S. The molecule has 2 nitrogen and oxygen atoms in total. The molecule has 1 unspecified atom stereocenters. The van der Waals surface area contributed by atoms with Crippen LogP contribution in [0, 0.1) is 11.6 Å². The summed E-state index contributed by atoms with van der Waals surface area (Å²) < 4.78 is 26.4. The highest BCUT2D eigenvalue weighted by Gasteiger charge is 2.15. The van der Waals surface area contributed by atoms with E-state index in [4.69, 9.17) is 11.6 Å². The second-order valence-electron chi connectivity index (χ2n) is 3.16. The van der Waals surface area contributed by atoms with E-state index < -0.39 is 11.6 Å². The van der Waals surface area contributed by atoms with Crippen LogP contribution < -0.4 is 0 Å². The number of hydrogen-bond acceptors (Lipinski definition) is 3. The van der Waals surface area contributed by atoms with Crippen molar-refractivity contribution in [3.8, 4) is 10.6 Å². The summed E-state index contributed by atoms with van der Waals surface area (Å²) in [6, 6.07) is 3.95. The fourth-order valence-corrected chi connectivity index (χ4v) is 2.14. The van der Waals surface area contributed by atoms with E-state index in [2.05, 4.69) is 10.2 Å². The maximum atomic E-state index is 13.4. The van der Waals surface area contributed by atoms with Crippen molar-refractivity contribution >= 4 is 22.9 Å². The van der Waals surface area contributed by atoms with Gasteiger partial charge in [-0.2, -0.15) is 0 Å². The van der Waals surface area contributed by atoms with Crippen LogP contribution in [0.1, 0.15) is 17.3 Å². The zero-order valence-corrected chi connectivity index (χ0v) is 9.82. The molecule has 2 rings (SSSR count). The van der Waals surface area contributed by atoms with E-state index in [1.54, 1.807) is 6.92 Å². The molecule has 0 bridgehead atoms. The normalized spacial score (nSPS) is 12.8. The second kappa shape index (κ2) is 4.43. The summed E-state index contributed by atoms with van der Waals surface area (Å²) in [5, 5.41) is 8.22. The number of alkyl halides is 1. The van der Waals surface area contributed by atoms with Crippen molar-refractivity contribution in [2.75, 3.05) is 0 Å². The summed E-state index contributed by atoms with van der Waals surface area (Å²) in [4.78, 5) is 0. The van der Waals surface area contributed by atoms with E-state index >= 15 is 0 Å². The highest BCUT2D eigenvalue weighted by atomic mass is 35.5. The van der Waals surface area contributed by atoms with Crippen LogP contribution in [0.15, 0.2) is 18.2 Å². The highest BCUT2D eigenvalue weighted by Crippen LogP contribution is 2.31. The third-order valence-electron chi connectivity index (χ3n) is 1.96. The molecule has 1 heterocycles. The molecule has 1 aromatic heterocycles. The predicted octanol–water partition coefficient (Wildman–Crippen LogP) is 3.78. The van der Waals surface area contributed by atoms with Crippen LogP contribution in [0.5, 0.6) is 0 Å². The van der Waals surface area contributed by atoms with Crippen LogP contribution in [0.2, 0.25) is 0 Å². The van der Waals surface area contributed by atoms with Gasteiger partial charge in [0.1, 0.15) is 5.01 Å². The maximum absolute atomic E-state index is 13.4. The minimum atomic E-state index is -0.910. The average molecular weight is 261 g/mol. The molecule has 16 heavy (non-hydrogen) atoms. The Labute approximate surface area is 99.9 Å². The molecule has 0 aliphatic rings. The summed E-state index contributed by atoms with van der Waals surface area (Å²) in [6.07, 6.45) is 0. The van der Waals surface area contributed by atoms with E-state index in [0.717, 1.165) is 17.4 Å². The van der Waals surface area contributed by atoms with E-state index in [0.29, 0.717) is 10.0 Å². The molecule has 0 fully saturated rings. The van der Waals surface area contributed by atoms with E-state index in [-0.39, 0.29) is 10.9 Å². The average Bonchev–Trinajstić information content (AvgIpc) is 2.71. The first kappa shape index (κ1) is 11.4. The van der Waals surface area contributed by atoms with Crippen LogP contribution in [0.3, 0.4) is 0 Å². The Morgan fingerprint density at radius 2 is 2.06 bits per heavy atom. The summed E-state index contributed by atoms with van der Waals surface area (Å²) in [7, 11) is 0. The Kier molecular flexibility index (Phi) is 3.16. The monoisotopic (exact) mass is 260 g/mol. The molecule has 1 aromatic carbocycles. The van der Waals surface area contributed by atoms with Gasteiger partial charge in [-0.3, -0.25) is 0 Å². The molecule has 0 amide bonds. The van der Waals surface area contributed by atoms with E-state index in [1.165, 1.54) is 12.1 Å². The molecular weight excluding hydrogens is 254 g/mol. The Morgan fingerprint density at radius 1 is 1.31 bits per heavy atom. The lowest BCUT2D eigenvalue weighted by molar-refractivity contribution is 0.511. The number of hydrogen-bond donors (Lipinski definition) is 0. The number of halogens is 3. The van der Waals surface area contributed by atoms with Crippen molar-refractivity contribution in [2.24, 2.45) is 0 Å². The first-order valence-electron chi connectivity index (χ1n) is 4.51. The van der Waals surface area contributed by atoms with Gasteiger partial charge in [-0.25, -0.2) is 8.78 Å². The summed E-state index contributed by atoms with van der Waals surface area (Å²) in [5.74, 6) is -1.81. The Morgan fingerprint density at radius 3 is 2.69 bits per heavy atom. The predicted molar refractivity (Wildman–Crippen MR) is 59.5 cm³/mol. The van der Waals surface area contributed by atoms with Crippen LogP contribution in [0.25, 0.3) is 10.6 Å². The smallest absolute Gasteiger partial charge is 0.169 e. The first-order valence-corrected chi connectivity index (χ1v) is 5.76. The van der Waals surface area contributed by atoms with Crippen molar-refractivity contribution in [1.82, 2.24) is 10.2 Å². The highest BCUT2D eigenvalue weighted by molar-refractivity contribution is 7.15. The van der Waals surface area contributed by atoms with Gasteiger partial charge in [-0.05, 0) is 19.1 Å². The fourth-order valence-electron chi connectivity index (χ4n) is 1.17. The van der Waals surface area contributed by atoms with Gasteiger partial charge < -0.3 is 0 Å². The summed E-state index contributed by atoms with van der Waals surface area (Å²) >= 11 is 6.97. The zero-order chi connectivity index (χ0) is 11.7. The Hall–Kier alpha value is -1.07. The van der Waals surface area contributed by atoms with Crippen LogP contribution in [-0.2, 0) is 0 Å². The molecule has 1 atom stereocenters. The zero-order valence-electron chi connectivity index (χ0n) is 8.25. The van der Waals surface area contributed by atoms with Crippen molar-refractivity contribution in [1.29, 1.82) is 0 Å².